The third-order valence-electron chi connectivity index (χ3n) is 4.17. The van der Waals surface area contributed by atoms with Crippen molar-refractivity contribution in [1.29, 1.82) is 0 Å². The minimum Gasteiger partial charge on any atom is -0.506 e. The maximum atomic E-state index is 12.6. The molecule has 1 amide bonds. The van der Waals surface area contributed by atoms with Crippen LogP contribution >= 0.6 is 0 Å². The van der Waals surface area contributed by atoms with Crippen LogP contribution in [0.25, 0.3) is 0 Å². The van der Waals surface area contributed by atoms with E-state index in [0.29, 0.717) is 13.0 Å². The first-order valence-electron chi connectivity index (χ1n) is 7.67. The Bertz CT molecular complexity index is 837. The first kappa shape index (κ1) is 16.4. The Morgan fingerprint density at radius 2 is 1.92 bits per heavy atom. The minimum absolute atomic E-state index is 0.0788. The van der Waals surface area contributed by atoms with Gasteiger partial charge in [-0.15, -0.1) is 0 Å². The molecule has 2 aromatic rings. The van der Waals surface area contributed by atoms with Crippen molar-refractivity contribution in [3.63, 3.8) is 0 Å². The van der Waals surface area contributed by atoms with Crippen molar-refractivity contribution in [3.05, 3.63) is 59.9 Å². The van der Waals surface area contributed by atoms with E-state index in [9.17, 15) is 18.3 Å². The standard InChI is InChI=1S/C17H18N2O4S/c20-15-10-14(11-18-12-15)17(21)19-7-6-16(24(22,23)9-8-19)13-4-2-1-3-5-13/h1-5,10-12,16,20H,6-9H2. The van der Waals surface area contributed by atoms with Gasteiger partial charge >= 0.3 is 0 Å². The molecular formula is C17H18N2O4S. The van der Waals surface area contributed by atoms with Crippen LogP contribution in [0.2, 0.25) is 0 Å². The number of aromatic hydroxyl groups is 1. The Labute approximate surface area is 140 Å². The molecule has 7 heteroatoms. The van der Waals surface area contributed by atoms with Crippen LogP contribution in [0.5, 0.6) is 5.75 Å². The number of aromatic nitrogens is 1. The van der Waals surface area contributed by atoms with E-state index < -0.39 is 15.1 Å². The van der Waals surface area contributed by atoms with Gasteiger partial charge in [0.15, 0.2) is 9.84 Å². The molecule has 126 valence electrons. The maximum Gasteiger partial charge on any atom is 0.255 e. The van der Waals surface area contributed by atoms with Gasteiger partial charge in [-0.2, -0.15) is 0 Å². The lowest BCUT2D eigenvalue weighted by molar-refractivity contribution is 0.0765. The van der Waals surface area contributed by atoms with Gasteiger partial charge in [0.05, 0.1) is 22.8 Å². The Balaban J connectivity index is 1.82. The Kier molecular flexibility index (Phi) is 4.53. The summed E-state index contributed by atoms with van der Waals surface area (Å²) in [6.45, 7) is 0.480. The van der Waals surface area contributed by atoms with Crippen LogP contribution in [0.3, 0.4) is 0 Å². The molecule has 1 unspecified atom stereocenters. The van der Waals surface area contributed by atoms with E-state index in [1.807, 2.05) is 18.2 Å². The number of sulfone groups is 1. The number of pyridine rings is 1. The highest BCUT2D eigenvalue weighted by molar-refractivity contribution is 7.91. The zero-order valence-corrected chi connectivity index (χ0v) is 13.8. The average molecular weight is 346 g/mol. The molecule has 1 N–H and O–H groups in total. The molecule has 2 heterocycles. The lowest BCUT2D eigenvalue weighted by atomic mass is 10.1. The molecule has 1 aliphatic rings. The predicted octanol–water partition coefficient (Wildman–Crippen LogP) is 1.79. The SMILES string of the molecule is O=C(c1cncc(O)c1)N1CCC(c2ccccc2)S(=O)(=O)CC1. The van der Waals surface area contributed by atoms with Gasteiger partial charge in [-0.05, 0) is 18.1 Å². The van der Waals surface area contributed by atoms with Crippen LogP contribution in [0.1, 0.15) is 27.6 Å². The molecule has 1 fully saturated rings. The summed E-state index contributed by atoms with van der Waals surface area (Å²) in [5.74, 6) is -0.488. The van der Waals surface area contributed by atoms with Crippen molar-refractivity contribution in [1.82, 2.24) is 9.88 Å². The van der Waals surface area contributed by atoms with Crippen molar-refractivity contribution in [2.75, 3.05) is 18.8 Å². The number of amides is 1. The van der Waals surface area contributed by atoms with Crippen LogP contribution in [-0.2, 0) is 9.84 Å². The van der Waals surface area contributed by atoms with Crippen molar-refractivity contribution in [2.24, 2.45) is 0 Å². The van der Waals surface area contributed by atoms with Crippen molar-refractivity contribution in [2.45, 2.75) is 11.7 Å². The molecule has 0 bridgehead atoms. The Morgan fingerprint density at radius 1 is 1.17 bits per heavy atom. The summed E-state index contributed by atoms with van der Waals surface area (Å²) in [6, 6.07) is 10.4. The number of rotatable bonds is 2. The van der Waals surface area contributed by atoms with Crippen LogP contribution in [0.4, 0.5) is 0 Å². The summed E-state index contributed by atoms with van der Waals surface area (Å²) >= 11 is 0. The monoisotopic (exact) mass is 346 g/mol. The summed E-state index contributed by atoms with van der Waals surface area (Å²) in [7, 11) is -3.33. The number of hydrogen-bond acceptors (Lipinski definition) is 5. The van der Waals surface area contributed by atoms with Gasteiger partial charge in [0.2, 0.25) is 0 Å². The van der Waals surface area contributed by atoms with E-state index in [-0.39, 0.29) is 29.5 Å². The van der Waals surface area contributed by atoms with E-state index in [2.05, 4.69) is 4.98 Å². The van der Waals surface area contributed by atoms with Gasteiger partial charge in [0, 0.05) is 19.3 Å². The third-order valence-corrected chi connectivity index (χ3v) is 6.30. The molecule has 1 aromatic heterocycles. The van der Waals surface area contributed by atoms with E-state index in [0.717, 1.165) is 5.56 Å². The molecule has 24 heavy (non-hydrogen) atoms. The molecule has 3 rings (SSSR count). The summed E-state index contributed by atoms with van der Waals surface area (Å²) in [5, 5.41) is 8.86. The fraction of sp³-hybridized carbons (Fsp3) is 0.294. The quantitative estimate of drug-likeness (QED) is 0.896. The highest BCUT2D eigenvalue weighted by Crippen LogP contribution is 2.29. The van der Waals surface area contributed by atoms with Crippen molar-refractivity contribution in [3.8, 4) is 5.75 Å². The highest BCUT2D eigenvalue weighted by atomic mass is 32.2. The first-order valence-corrected chi connectivity index (χ1v) is 9.39. The van der Waals surface area contributed by atoms with Crippen LogP contribution in [0.15, 0.2) is 48.8 Å². The lowest BCUT2D eigenvalue weighted by Crippen LogP contribution is -2.33. The second kappa shape index (κ2) is 6.60. The van der Waals surface area contributed by atoms with Gasteiger partial charge in [-0.1, -0.05) is 30.3 Å². The van der Waals surface area contributed by atoms with E-state index in [1.165, 1.54) is 23.4 Å². The Hall–Kier alpha value is -2.41. The van der Waals surface area contributed by atoms with Gasteiger partial charge in [0.1, 0.15) is 5.75 Å². The molecule has 1 saturated heterocycles. The van der Waals surface area contributed by atoms with Crippen LogP contribution < -0.4 is 0 Å². The van der Waals surface area contributed by atoms with E-state index in [4.69, 9.17) is 0 Å². The van der Waals surface area contributed by atoms with Crippen LogP contribution in [-0.4, -0.2) is 48.2 Å². The molecule has 0 saturated carbocycles. The summed E-state index contributed by atoms with van der Waals surface area (Å²) in [6.07, 6.45) is 2.97. The first-order chi connectivity index (χ1) is 11.5. The van der Waals surface area contributed by atoms with E-state index >= 15 is 0 Å². The number of carbonyl (C=O) groups excluding carboxylic acids is 1. The van der Waals surface area contributed by atoms with E-state index in [1.54, 1.807) is 12.1 Å². The molecule has 6 nitrogen and oxygen atoms in total. The minimum atomic E-state index is -3.33. The number of benzene rings is 1. The number of nitrogens with zero attached hydrogens (tertiary/aromatic N) is 2. The zero-order chi connectivity index (χ0) is 17.2. The Morgan fingerprint density at radius 3 is 2.62 bits per heavy atom. The predicted molar refractivity (Wildman–Crippen MR) is 89.4 cm³/mol. The second-order valence-corrected chi connectivity index (χ2v) is 8.08. The fourth-order valence-electron chi connectivity index (χ4n) is 2.92. The molecule has 1 aliphatic heterocycles. The zero-order valence-electron chi connectivity index (χ0n) is 13.0. The number of carbonyl (C=O) groups is 1. The maximum absolute atomic E-state index is 12.6. The van der Waals surface area contributed by atoms with Gasteiger partial charge < -0.3 is 10.0 Å². The normalized spacial score (nSPS) is 20.3. The number of hydrogen-bond donors (Lipinski definition) is 1. The molecule has 1 atom stereocenters. The summed E-state index contributed by atoms with van der Waals surface area (Å²) < 4.78 is 25.1. The highest BCUT2D eigenvalue weighted by Gasteiger charge is 2.32. The molecule has 0 aliphatic carbocycles. The molecule has 0 radical (unpaired) electrons. The average Bonchev–Trinajstić information content (AvgIpc) is 2.73. The van der Waals surface area contributed by atoms with Crippen LogP contribution in [0, 0.1) is 0 Å². The smallest absolute Gasteiger partial charge is 0.255 e. The van der Waals surface area contributed by atoms with Gasteiger partial charge in [0.25, 0.3) is 5.91 Å². The van der Waals surface area contributed by atoms with Crippen molar-refractivity contribution < 1.29 is 18.3 Å². The topological polar surface area (TPSA) is 87.6 Å². The van der Waals surface area contributed by atoms with Gasteiger partial charge in [-0.25, -0.2) is 8.42 Å². The third kappa shape index (κ3) is 3.41. The van der Waals surface area contributed by atoms with Crippen molar-refractivity contribution >= 4 is 15.7 Å². The molecule has 0 spiro atoms. The van der Waals surface area contributed by atoms with Gasteiger partial charge in [-0.3, -0.25) is 9.78 Å². The molecular weight excluding hydrogens is 328 g/mol. The lowest BCUT2D eigenvalue weighted by Gasteiger charge is -2.20. The summed E-state index contributed by atoms with van der Waals surface area (Å²) in [4.78, 5) is 17.8. The largest absolute Gasteiger partial charge is 0.506 e. The summed E-state index contributed by atoms with van der Waals surface area (Å²) in [5.41, 5.74) is 1.01. The molecule has 1 aromatic carbocycles. The fourth-order valence-corrected chi connectivity index (χ4v) is 4.71. The second-order valence-electron chi connectivity index (χ2n) is 5.78.